The van der Waals surface area contributed by atoms with Crippen molar-refractivity contribution in [1.29, 1.82) is 0 Å². The number of unbranched alkanes of at least 4 members (excludes halogenated alkanes) is 2. The number of nitrogens with zero attached hydrogens (tertiary/aromatic N) is 1. The minimum atomic E-state index is -0.442. The van der Waals surface area contributed by atoms with Crippen LogP contribution in [0.1, 0.15) is 43.7 Å². The van der Waals surface area contributed by atoms with Crippen LogP contribution in [-0.4, -0.2) is 41.4 Å². The molecule has 0 atom stereocenters. The van der Waals surface area contributed by atoms with Crippen molar-refractivity contribution in [2.75, 3.05) is 20.3 Å². The number of hydrogen-bond acceptors (Lipinski definition) is 7. The van der Waals surface area contributed by atoms with Crippen LogP contribution in [0.25, 0.3) is 6.08 Å². The maximum atomic E-state index is 14.1. The summed E-state index contributed by atoms with van der Waals surface area (Å²) in [6.45, 7) is 2.70. The van der Waals surface area contributed by atoms with E-state index in [2.05, 4.69) is 4.74 Å². The molecule has 36 heavy (non-hydrogen) atoms. The van der Waals surface area contributed by atoms with Crippen LogP contribution in [0.3, 0.4) is 0 Å². The zero-order valence-electron chi connectivity index (χ0n) is 20.1. The molecule has 1 heterocycles. The van der Waals surface area contributed by atoms with Gasteiger partial charge in [-0.1, -0.05) is 54.1 Å². The van der Waals surface area contributed by atoms with E-state index >= 15 is 0 Å². The number of rotatable bonds is 12. The Morgan fingerprint density at radius 1 is 1.17 bits per heavy atom. The van der Waals surface area contributed by atoms with E-state index in [9.17, 15) is 14.0 Å². The number of carbonyl (C=O) groups excluding carboxylic acids is 2. The van der Waals surface area contributed by atoms with Gasteiger partial charge in [0, 0.05) is 18.5 Å². The number of carbonyl (C=O) groups is 2. The van der Waals surface area contributed by atoms with Crippen molar-refractivity contribution in [1.82, 2.24) is 4.90 Å². The molecular formula is C26H27ClFNO5S2. The van der Waals surface area contributed by atoms with Gasteiger partial charge in [0.2, 0.25) is 0 Å². The Balaban J connectivity index is 1.66. The van der Waals surface area contributed by atoms with Crippen molar-refractivity contribution in [2.24, 2.45) is 0 Å². The van der Waals surface area contributed by atoms with Crippen LogP contribution in [-0.2, 0) is 20.9 Å². The summed E-state index contributed by atoms with van der Waals surface area (Å²) in [6, 6.07) is 9.74. The number of halogens is 2. The van der Waals surface area contributed by atoms with Crippen LogP contribution in [0.2, 0.25) is 5.02 Å². The SMILES string of the molecule is CCOc1cc(/C=C2/SC(=S)N(CCCCCC(=O)OC)C2=O)ccc1OCc1c(F)cccc1Cl. The van der Waals surface area contributed by atoms with Gasteiger partial charge >= 0.3 is 5.97 Å². The second-order valence-corrected chi connectivity index (χ2v) is 9.93. The van der Waals surface area contributed by atoms with Crippen molar-refractivity contribution in [2.45, 2.75) is 39.2 Å². The number of thiocarbonyl (C=S) groups is 1. The van der Waals surface area contributed by atoms with Crippen LogP contribution in [0.5, 0.6) is 11.5 Å². The Hall–Kier alpha value is -2.62. The van der Waals surface area contributed by atoms with Crippen molar-refractivity contribution in [3.63, 3.8) is 0 Å². The predicted molar refractivity (Wildman–Crippen MR) is 144 cm³/mol. The topological polar surface area (TPSA) is 65.1 Å². The zero-order chi connectivity index (χ0) is 26.1. The molecule has 1 aliphatic rings. The van der Waals surface area contributed by atoms with Crippen molar-refractivity contribution >= 4 is 57.9 Å². The third kappa shape index (κ3) is 7.44. The molecule has 1 saturated heterocycles. The van der Waals surface area contributed by atoms with Crippen molar-refractivity contribution < 1.29 is 28.2 Å². The summed E-state index contributed by atoms with van der Waals surface area (Å²) in [6.07, 6.45) is 4.36. The lowest BCUT2D eigenvalue weighted by Crippen LogP contribution is -2.29. The Bertz CT molecular complexity index is 1140. The standard InChI is InChI=1S/C26H27ClFNO5S2/c1-3-33-22-14-17(11-12-21(22)34-16-18-19(27)8-7-9-20(18)28)15-23-25(31)29(26(35)36-23)13-6-4-5-10-24(30)32-2/h7-9,11-12,14-15H,3-6,10,13,16H2,1-2H3/b23-15+. The van der Waals surface area contributed by atoms with E-state index in [1.807, 2.05) is 6.92 Å². The molecule has 2 aromatic carbocycles. The van der Waals surface area contributed by atoms with Gasteiger partial charge in [-0.2, -0.15) is 0 Å². The number of esters is 1. The van der Waals surface area contributed by atoms with Gasteiger partial charge in [0.1, 0.15) is 16.7 Å². The highest BCUT2D eigenvalue weighted by Crippen LogP contribution is 2.35. The summed E-state index contributed by atoms with van der Waals surface area (Å²) in [5.74, 6) is 0.0862. The molecule has 1 fully saturated rings. The zero-order valence-corrected chi connectivity index (χ0v) is 22.4. The average Bonchev–Trinajstić information content (AvgIpc) is 3.11. The lowest BCUT2D eigenvalue weighted by molar-refractivity contribution is -0.140. The van der Waals surface area contributed by atoms with Gasteiger partial charge in [0.25, 0.3) is 5.91 Å². The monoisotopic (exact) mass is 551 g/mol. The van der Waals surface area contributed by atoms with E-state index in [1.54, 1.807) is 35.2 Å². The van der Waals surface area contributed by atoms with Gasteiger partial charge in [-0.15, -0.1) is 0 Å². The number of thioether (sulfide) groups is 1. The van der Waals surface area contributed by atoms with Crippen molar-refractivity contribution in [3.8, 4) is 11.5 Å². The highest BCUT2D eigenvalue weighted by molar-refractivity contribution is 8.26. The Labute approximate surface area is 224 Å². The van der Waals surface area contributed by atoms with Crippen LogP contribution < -0.4 is 9.47 Å². The molecule has 3 rings (SSSR count). The third-order valence-electron chi connectivity index (χ3n) is 5.36. The average molecular weight is 552 g/mol. The predicted octanol–water partition coefficient (Wildman–Crippen LogP) is 6.39. The molecule has 0 bridgehead atoms. The Morgan fingerprint density at radius 2 is 1.97 bits per heavy atom. The van der Waals surface area contributed by atoms with Gasteiger partial charge < -0.3 is 14.2 Å². The fourth-order valence-electron chi connectivity index (χ4n) is 3.48. The molecule has 0 radical (unpaired) electrons. The molecule has 2 aromatic rings. The molecule has 0 N–H and O–H groups in total. The molecular weight excluding hydrogens is 525 g/mol. The summed E-state index contributed by atoms with van der Waals surface area (Å²) in [5, 5.41) is 0.287. The maximum absolute atomic E-state index is 14.1. The molecule has 0 saturated carbocycles. The number of methoxy groups -OCH3 is 1. The Morgan fingerprint density at radius 3 is 2.69 bits per heavy atom. The van der Waals surface area contributed by atoms with E-state index < -0.39 is 5.82 Å². The third-order valence-corrected chi connectivity index (χ3v) is 7.09. The molecule has 1 aliphatic heterocycles. The fraction of sp³-hybridized carbons (Fsp3) is 0.346. The van der Waals surface area contributed by atoms with Crippen LogP contribution in [0.15, 0.2) is 41.3 Å². The van der Waals surface area contributed by atoms with Crippen molar-refractivity contribution in [3.05, 3.63) is 63.3 Å². The molecule has 0 aliphatic carbocycles. The molecule has 192 valence electrons. The second-order valence-electron chi connectivity index (χ2n) is 7.85. The van der Waals surface area contributed by atoms with Gasteiger partial charge in [0.05, 0.1) is 23.6 Å². The van der Waals surface area contributed by atoms with E-state index in [-0.39, 0.29) is 29.1 Å². The minimum Gasteiger partial charge on any atom is -0.490 e. The summed E-state index contributed by atoms with van der Waals surface area (Å²) in [5.41, 5.74) is 1.01. The number of ether oxygens (including phenoxy) is 3. The molecule has 1 amide bonds. The molecule has 10 heteroatoms. The minimum absolute atomic E-state index is 0.0524. The highest BCUT2D eigenvalue weighted by Gasteiger charge is 2.31. The molecule has 0 unspecified atom stereocenters. The Kier molecular flexibility index (Phi) is 10.6. The number of benzene rings is 2. The summed E-state index contributed by atoms with van der Waals surface area (Å²) < 4.78 is 30.8. The number of amides is 1. The molecule has 0 spiro atoms. The van der Waals surface area contributed by atoms with Gasteiger partial charge in [-0.05, 0) is 55.7 Å². The van der Waals surface area contributed by atoms with Crippen LogP contribution in [0, 0.1) is 5.82 Å². The lowest BCUT2D eigenvalue weighted by atomic mass is 10.1. The normalized spacial score (nSPS) is 14.4. The first-order valence-corrected chi connectivity index (χ1v) is 13.1. The largest absolute Gasteiger partial charge is 0.490 e. The van der Waals surface area contributed by atoms with Gasteiger partial charge in [0.15, 0.2) is 11.5 Å². The first-order chi connectivity index (χ1) is 17.3. The smallest absolute Gasteiger partial charge is 0.305 e. The van der Waals surface area contributed by atoms with E-state index in [1.165, 1.54) is 31.0 Å². The molecule has 0 aromatic heterocycles. The highest BCUT2D eigenvalue weighted by atomic mass is 35.5. The second kappa shape index (κ2) is 13.6. The summed E-state index contributed by atoms with van der Waals surface area (Å²) in [7, 11) is 1.37. The van der Waals surface area contributed by atoms with Crippen LogP contribution >= 0.6 is 35.6 Å². The summed E-state index contributed by atoms with van der Waals surface area (Å²) in [4.78, 5) is 26.2. The first kappa shape index (κ1) is 28.0. The summed E-state index contributed by atoms with van der Waals surface area (Å²) >= 11 is 12.7. The maximum Gasteiger partial charge on any atom is 0.305 e. The van der Waals surface area contributed by atoms with Crippen LogP contribution in [0.4, 0.5) is 4.39 Å². The quantitative estimate of drug-likeness (QED) is 0.131. The number of hydrogen-bond donors (Lipinski definition) is 0. The van der Waals surface area contributed by atoms with Gasteiger partial charge in [-0.3, -0.25) is 14.5 Å². The lowest BCUT2D eigenvalue weighted by Gasteiger charge is -2.14. The van der Waals surface area contributed by atoms with E-state index in [0.29, 0.717) is 46.7 Å². The van der Waals surface area contributed by atoms with E-state index in [4.69, 9.17) is 33.3 Å². The first-order valence-electron chi connectivity index (χ1n) is 11.5. The van der Waals surface area contributed by atoms with E-state index in [0.717, 1.165) is 18.4 Å². The molecule has 6 nitrogen and oxygen atoms in total. The fourth-order valence-corrected chi connectivity index (χ4v) is 5.01. The van der Waals surface area contributed by atoms with Gasteiger partial charge in [-0.25, -0.2) is 4.39 Å².